The van der Waals surface area contributed by atoms with Crippen LogP contribution < -0.4 is 5.56 Å². The number of aliphatic imine (C=N–C) groups is 1. The number of H-pyrrole nitrogens is 2. The summed E-state index contributed by atoms with van der Waals surface area (Å²) in [7, 11) is 0. The largest absolute Gasteiger partial charge is 0.317 e. The van der Waals surface area contributed by atoms with Gasteiger partial charge in [-0.2, -0.15) is 0 Å². The molecule has 0 unspecified atom stereocenters. The van der Waals surface area contributed by atoms with Gasteiger partial charge in [0.1, 0.15) is 5.82 Å². The Morgan fingerprint density at radius 1 is 1.35 bits per heavy atom. The van der Waals surface area contributed by atoms with Crippen LogP contribution in [0.5, 0.6) is 0 Å². The Balaban J connectivity index is 1.71. The molecule has 0 spiro atoms. The van der Waals surface area contributed by atoms with E-state index >= 15 is 0 Å². The van der Waals surface area contributed by atoms with Gasteiger partial charge in [0, 0.05) is 17.0 Å². The topological polar surface area (TPSA) is 78.1 Å². The Bertz CT molecular complexity index is 950. The fraction of sp³-hybridized carbons (Fsp3) is 0.143. The van der Waals surface area contributed by atoms with Crippen LogP contribution in [-0.2, 0) is 6.42 Å². The van der Waals surface area contributed by atoms with Crippen molar-refractivity contribution in [3.8, 4) is 0 Å². The minimum atomic E-state index is -0.254. The average Bonchev–Trinajstić information content (AvgIpc) is 2.88. The van der Waals surface area contributed by atoms with Crippen molar-refractivity contribution in [3.05, 3.63) is 54.5 Å². The van der Waals surface area contributed by atoms with Crippen LogP contribution in [0.3, 0.4) is 0 Å². The second kappa shape index (κ2) is 6.60. The van der Waals surface area contributed by atoms with Crippen molar-refractivity contribution in [3.63, 3.8) is 0 Å². The standard InChI is InChI=1S/C14H9Cl2N3O2S2/c15-6-1-2-7(9(16)3-6)10(20)5-23-11-4-8-12(17-11)18-14(22)19-13(8)21/h1-3H,4-5H2,(H2,18,19,21,22). The first kappa shape index (κ1) is 16.4. The van der Waals surface area contributed by atoms with E-state index in [1.807, 2.05) is 0 Å². The van der Waals surface area contributed by atoms with E-state index in [1.165, 1.54) is 17.8 Å². The highest BCUT2D eigenvalue weighted by atomic mass is 35.5. The van der Waals surface area contributed by atoms with Crippen molar-refractivity contribution in [2.75, 3.05) is 5.75 Å². The third kappa shape index (κ3) is 3.58. The summed E-state index contributed by atoms with van der Waals surface area (Å²) >= 11 is 18.0. The highest BCUT2D eigenvalue weighted by Gasteiger charge is 2.20. The quantitative estimate of drug-likeness (QED) is 0.619. The first-order chi connectivity index (χ1) is 10.9. The summed E-state index contributed by atoms with van der Waals surface area (Å²) in [6.45, 7) is 0. The third-order valence-electron chi connectivity index (χ3n) is 3.18. The van der Waals surface area contributed by atoms with Gasteiger partial charge in [-0.3, -0.25) is 14.6 Å². The summed E-state index contributed by atoms with van der Waals surface area (Å²) in [6, 6.07) is 4.75. The van der Waals surface area contributed by atoms with Crippen LogP contribution in [0.25, 0.3) is 0 Å². The Morgan fingerprint density at radius 2 is 2.13 bits per heavy atom. The van der Waals surface area contributed by atoms with E-state index in [1.54, 1.807) is 12.1 Å². The molecule has 2 aromatic rings. The predicted octanol–water partition coefficient (Wildman–Crippen LogP) is 3.94. The molecule has 0 fully saturated rings. The smallest absolute Gasteiger partial charge is 0.257 e. The number of carbonyl (C=O) groups excluding carboxylic acids is 1. The molecule has 1 aliphatic rings. The number of thioether (sulfide) groups is 1. The second-order valence-corrected chi connectivity index (χ2v) is 7.05. The molecule has 5 nitrogen and oxygen atoms in total. The van der Waals surface area contributed by atoms with Gasteiger partial charge < -0.3 is 4.98 Å². The zero-order valence-electron chi connectivity index (χ0n) is 11.5. The first-order valence-corrected chi connectivity index (χ1v) is 8.63. The maximum Gasteiger partial charge on any atom is 0.257 e. The summed E-state index contributed by atoms with van der Waals surface area (Å²) in [5.41, 5.74) is 0.685. The summed E-state index contributed by atoms with van der Waals surface area (Å²) in [6.07, 6.45) is 0.378. The van der Waals surface area contributed by atoms with Gasteiger partial charge in [0.15, 0.2) is 10.6 Å². The number of aromatic nitrogens is 2. The molecular weight excluding hydrogens is 377 g/mol. The second-order valence-electron chi connectivity index (χ2n) is 4.75. The Hall–Kier alpha value is -1.41. The van der Waals surface area contributed by atoms with Crippen LogP contribution >= 0.6 is 47.2 Å². The van der Waals surface area contributed by atoms with Gasteiger partial charge in [0.25, 0.3) is 5.56 Å². The molecule has 3 rings (SSSR count). The van der Waals surface area contributed by atoms with Crippen LogP contribution in [0.15, 0.2) is 28.0 Å². The molecule has 118 valence electrons. The fourth-order valence-corrected chi connectivity index (χ4v) is 3.66. The SMILES string of the molecule is O=C(CSC1=Nc2[nH]c(=S)[nH]c(=O)c2C1)c1ccc(Cl)cc1Cl. The molecule has 0 radical (unpaired) electrons. The Labute approximate surface area is 150 Å². The molecule has 0 amide bonds. The Morgan fingerprint density at radius 3 is 2.87 bits per heavy atom. The molecule has 0 saturated carbocycles. The molecule has 1 aromatic carbocycles. The number of nitrogens with zero attached hydrogens (tertiary/aromatic N) is 1. The lowest BCUT2D eigenvalue weighted by atomic mass is 10.1. The van der Waals surface area contributed by atoms with Crippen molar-refractivity contribution >= 4 is 63.8 Å². The highest BCUT2D eigenvalue weighted by molar-refractivity contribution is 8.14. The minimum Gasteiger partial charge on any atom is -0.317 e. The molecule has 23 heavy (non-hydrogen) atoms. The molecule has 0 atom stereocenters. The first-order valence-electron chi connectivity index (χ1n) is 6.48. The third-order valence-corrected chi connectivity index (χ3v) is 4.91. The summed E-state index contributed by atoms with van der Waals surface area (Å²) in [4.78, 5) is 33.7. The van der Waals surface area contributed by atoms with Gasteiger partial charge in [-0.15, -0.1) is 11.8 Å². The highest BCUT2D eigenvalue weighted by Crippen LogP contribution is 2.27. The number of hydrogen-bond acceptors (Lipinski definition) is 5. The van der Waals surface area contributed by atoms with E-state index in [0.29, 0.717) is 38.5 Å². The number of aromatic amines is 2. The number of Topliss-reactive ketones (excluding diaryl/α,β-unsaturated/α-hetero) is 1. The molecule has 9 heteroatoms. The van der Waals surface area contributed by atoms with Crippen molar-refractivity contribution in [1.82, 2.24) is 9.97 Å². The van der Waals surface area contributed by atoms with Crippen LogP contribution in [-0.4, -0.2) is 26.5 Å². The number of nitrogens with one attached hydrogen (secondary N) is 2. The van der Waals surface area contributed by atoms with E-state index in [9.17, 15) is 9.59 Å². The summed E-state index contributed by atoms with van der Waals surface area (Å²) < 4.78 is 0.229. The zero-order chi connectivity index (χ0) is 16.6. The lowest BCUT2D eigenvalue weighted by Gasteiger charge is -2.04. The van der Waals surface area contributed by atoms with Crippen molar-refractivity contribution in [1.29, 1.82) is 0 Å². The molecular formula is C14H9Cl2N3O2S2. The summed E-state index contributed by atoms with van der Waals surface area (Å²) in [5, 5.41) is 1.48. The lowest BCUT2D eigenvalue weighted by molar-refractivity contribution is 0.102. The molecule has 1 aliphatic heterocycles. The monoisotopic (exact) mass is 385 g/mol. The van der Waals surface area contributed by atoms with Gasteiger partial charge in [0.05, 0.1) is 21.4 Å². The van der Waals surface area contributed by atoms with E-state index in [-0.39, 0.29) is 21.9 Å². The van der Waals surface area contributed by atoms with E-state index in [0.717, 1.165) is 0 Å². The number of fused-ring (bicyclic) bond motifs is 1. The minimum absolute atomic E-state index is 0.128. The molecule has 1 aromatic heterocycles. The maximum atomic E-state index is 12.2. The van der Waals surface area contributed by atoms with Gasteiger partial charge in [-0.05, 0) is 30.4 Å². The fourth-order valence-electron chi connectivity index (χ4n) is 2.10. The van der Waals surface area contributed by atoms with Gasteiger partial charge in [0.2, 0.25) is 0 Å². The maximum absolute atomic E-state index is 12.2. The zero-order valence-corrected chi connectivity index (χ0v) is 14.6. The van der Waals surface area contributed by atoms with Crippen LogP contribution in [0.4, 0.5) is 5.82 Å². The van der Waals surface area contributed by atoms with Crippen LogP contribution in [0.2, 0.25) is 10.0 Å². The van der Waals surface area contributed by atoms with Crippen molar-refractivity contribution in [2.24, 2.45) is 4.99 Å². The molecule has 0 aliphatic carbocycles. The van der Waals surface area contributed by atoms with E-state index < -0.39 is 0 Å². The molecule has 0 saturated heterocycles. The molecule has 0 bridgehead atoms. The van der Waals surface area contributed by atoms with Gasteiger partial charge in [-0.1, -0.05) is 23.2 Å². The normalized spacial score (nSPS) is 12.9. The molecule has 2 N–H and O–H groups in total. The van der Waals surface area contributed by atoms with E-state index in [4.69, 9.17) is 35.4 Å². The molecule has 2 heterocycles. The Kier molecular flexibility index (Phi) is 4.72. The van der Waals surface area contributed by atoms with Crippen LogP contribution in [0.1, 0.15) is 15.9 Å². The number of rotatable bonds is 3. The lowest BCUT2D eigenvalue weighted by Crippen LogP contribution is -2.13. The number of carbonyl (C=O) groups is 1. The van der Waals surface area contributed by atoms with Gasteiger partial charge in [-0.25, -0.2) is 4.99 Å². The van der Waals surface area contributed by atoms with Gasteiger partial charge >= 0.3 is 0 Å². The van der Waals surface area contributed by atoms with Crippen molar-refractivity contribution < 1.29 is 4.79 Å². The average molecular weight is 386 g/mol. The predicted molar refractivity (Wildman–Crippen MR) is 96.3 cm³/mol. The number of benzene rings is 1. The number of ketones is 1. The van der Waals surface area contributed by atoms with Crippen molar-refractivity contribution in [2.45, 2.75) is 6.42 Å². The summed E-state index contributed by atoms with van der Waals surface area (Å²) in [5.74, 6) is 0.502. The number of halogens is 2. The number of hydrogen-bond donors (Lipinski definition) is 2. The van der Waals surface area contributed by atoms with E-state index in [2.05, 4.69) is 15.0 Å². The van der Waals surface area contributed by atoms with Crippen LogP contribution in [0, 0.1) is 4.77 Å².